The normalized spacial score (nSPS) is 11.8. The summed E-state index contributed by atoms with van der Waals surface area (Å²) in [5, 5.41) is 9.22. The molecule has 1 atom stereocenters. The first kappa shape index (κ1) is 17.5. The van der Waals surface area contributed by atoms with Gasteiger partial charge < -0.3 is 14.8 Å². The number of benzene rings is 1. The quantitative estimate of drug-likeness (QED) is 0.649. The van der Waals surface area contributed by atoms with Gasteiger partial charge in [0.25, 0.3) is 0 Å². The number of esters is 1. The van der Waals surface area contributed by atoms with E-state index in [0.29, 0.717) is 16.8 Å². The van der Waals surface area contributed by atoms with Crippen molar-refractivity contribution in [1.29, 1.82) is 0 Å². The molecule has 6 heteroatoms. The van der Waals surface area contributed by atoms with Crippen LogP contribution in [0.1, 0.15) is 56.3 Å². The zero-order chi connectivity index (χ0) is 18.0. The molecule has 0 bridgehead atoms. The van der Waals surface area contributed by atoms with Crippen LogP contribution >= 0.6 is 0 Å². The number of aromatic hydroxyl groups is 1. The van der Waals surface area contributed by atoms with Crippen molar-refractivity contribution in [3.05, 3.63) is 52.3 Å². The predicted molar refractivity (Wildman–Crippen MR) is 87.6 cm³/mol. The van der Waals surface area contributed by atoms with E-state index in [0.717, 1.165) is 0 Å². The molecule has 1 aromatic heterocycles. The Morgan fingerprint density at radius 1 is 1.12 bits per heavy atom. The van der Waals surface area contributed by atoms with Gasteiger partial charge in [-0.15, -0.1) is 0 Å². The number of aromatic nitrogens is 1. The van der Waals surface area contributed by atoms with E-state index in [2.05, 4.69) is 4.98 Å². The lowest BCUT2D eigenvalue weighted by Gasteiger charge is -2.12. The Hall–Kier alpha value is -2.89. The van der Waals surface area contributed by atoms with Crippen molar-refractivity contribution < 1.29 is 24.2 Å². The number of phenolic OH excluding ortho intramolecular Hbond substituents is 1. The number of Topliss-reactive ketones (excluding diaryl/α,β-unsaturated/α-hetero) is 2. The van der Waals surface area contributed by atoms with Crippen molar-refractivity contribution >= 4 is 17.5 Å². The number of nitrogens with one attached hydrogen (secondary N) is 1. The smallest absolute Gasteiger partial charge is 0.338 e. The molecule has 0 amide bonds. The molecule has 2 rings (SSSR count). The molecule has 6 nitrogen and oxygen atoms in total. The third-order valence-electron chi connectivity index (χ3n) is 3.79. The molecule has 126 valence electrons. The van der Waals surface area contributed by atoms with Crippen LogP contribution in [0.4, 0.5) is 0 Å². The first-order valence-corrected chi connectivity index (χ1v) is 7.46. The summed E-state index contributed by atoms with van der Waals surface area (Å²) in [5.41, 5.74) is 2.15. The minimum atomic E-state index is -1.01. The largest absolute Gasteiger partial charge is 0.508 e. The summed E-state index contributed by atoms with van der Waals surface area (Å²) in [5.74, 6) is -1.17. The molecule has 1 heterocycles. The molecule has 0 aliphatic heterocycles. The Morgan fingerprint density at radius 3 is 2.21 bits per heavy atom. The number of rotatable bonds is 5. The molecule has 0 fully saturated rings. The van der Waals surface area contributed by atoms with Gasteiger partial charge >= 0.3 is 5.97 Å². The Balaban J connectivity index is 2.18. The topological polar surface area (TPSA) is 96.5 Å². The highest BCUT2D eigenvalue weighted by Gasteiger charge is 2.26. The molecule has 0 unspecified atom stereocenters. The van der Waals surface area contributed by atoms with E-state index in [1.165, 1.54) is 38.1 Å². The van der Waals surface area contributed by atoms with Crippen molar-refractivity contribution in [2.75, 3.05) is 0 Å². The number of ketones is 2. The molecule has 0 aliphatic rings. The minimum Gasteiger partial charge on any atom is -0.508 e. The summed E-state index contributed by atoms with van der Waals surface area (Å²) in [6, 6.07) is 5.54. The van der Waals surface area contributed by atoms with E-state index in [1.807, 2.05) is 0 Å². The Kier molecular flexibility index (Phi) is 4.87. The first-order valence-electron chi connectivity index (χ1n) is 7.46. The predicted octanol–water partition coefficient (Wildman–Crippen LogP) is 2.97. The van der Waals surface area contributed by atoms with Gasteiger partial charge in [-0.05, 0) is 57.5 Å². The second kappa shape index (κ2) is 6.70. The van der Waals surface area contributed by atoms with Crippen LogP contribution in [0.3, 0.4) is 0 Å². The summed E-state index contributed by atoms with van der Waals surface area (Å²) in [7, 11) is 0. The number of aromatic amines is 1. The van der Waals surface area contributed by atoms with Crippen LogP contribution in [0.15, 0.2) is 24.3 Å². The third-order valence-corrected chi connectivity index (χ3v) is 3.79. The molecular weight excluding hydrogens is 310 g/mol. The van der Waals surface area contributed by atoms with Gasteiger partial charge in [0, 0.05) is 11.3 Å². The molecule has 0 radical (unpaired) electrons. The number of ether oxygens (including phenoxy) is 1. The summed E-state index contributed by atoms with van der Waals surface area (Å²) in [4.78, 5) is 39.1. The van der Waals surface area contributed by atoms with Gasteiger partial charge in [-0.2, -0.15) is 0 Å². The molecule has 2 N–H and O–H groups in total. The fourth-order valence-electron chi connectivity index (χ4n) is 2.61. The minimum absolute atomic E-state index is 0.0323. The number of phenols is 1. The van der Waals surface area contributed by atoms with Gasteiger partial charge in [0.1, 0.15) is 5.75 Å². The van der Waals surface area contributed by atoms with Crippen molar-refractivity contribution in [2.24, 2.45) is 0 Å². The van der Waals surface area contributed by atoms with E-state index >= 15 is 0 Å². The van der Waals surface area contributed by atoms with Crippen LogP contribution in [0.25, 0.3) is 0 Å². The summed E-state index contributed by atoms with van der Waals surface area (Å²) >= 11 is 0. The second-order valence-corrected chi connectivity index (χ2v) is 5.64. The van der Waals surface area contributed by atoms with E-state index in [-0.39, 0.29) is 22.8 Å². The lowest BCUT2D eigenvalue weighted by molar-refractivity contribution is 0.0317. The van der Waals surface area contributed by atoms with Gasteiger partial charge in [-0.25, -0.2) is 4.79 Å². The van der Waals surface area contributed by atoms with E-state index in [4.69, 9.17) is 4.74 Å². The maximum atomic E-state index is 12.5. The highest BCUT2D eigenvalue weighted by Crippen LogP contribution is 2.21. The highest BCUT2D eigenvalue weighted by molar-refractivity contribution is 6.05. The molecule has 0 saturated heterocycles. The molecule has 1 aromatic carbocycles. The zero-order valence-corrected chi connectivity index (χ0v) is 14.0. The first-order chi connectivity index (χ1) is 11.2. The van der Waals surface area contributed by atoms with Crippen molar-refractivity contribution in [3.8, 4) is 5.75 Å². The Morgan fingerprint density at radius 2 is 1.71 bits per heavy atom. The van der Waals surface area contributed by atoms with E-state index in [9.17, 15) is 19.5 Å². The van der Waals surface area contributed by atoms with Crippen molar-refractivity contribution in [2.45, 2.75) is 33.8 Å². The molecule has 24 heavy (non-hydrogen) atoms. The lowest BCUT2D eigenvalue weighted by atomic mass is 10.0. The average molecular weight is 329 g/mol. The molecule has 0 spiro atoms. The van der Waals surface area contributed by atoms with Crippen LogP contribution < -0.4 is 0 Å². The summed E-state index contributed by atoms with van der Waals surface area (Å²) in [6.45, 7) is 6.31. The molecular formula is C18H19NO5. The molecule has 2 aromatic rings. The van der Waals surface area contributed by atoms with Gasteiger partial charge in [0.15, 0.2) is 11.9 Å². The zero-order valence-electron chi connectivity index (χ0n) is 14.0. The number of aryl methyl sites for hydroxylation is 1. The standard InChI is InChI=1S/C18H19NO5/c1-9-15(11(3)20)10(2)19-16(9)17(22)12(4)24-18(23)13-5-7-14(21)8-6-13/h5-8,12,19,21H,1-4H3/t12-/m1/s1. The maximum Gasteiger partial charge on any atom is 0.338 e. The van der Waals surface area contributed by atoms with E-state index < -0.39 is 17.9 Å². The fourth-order valence-corrected chi connectivity index (χ4v) is 2.61. The number of hydrogen-bond acceptors (Lipinski definition) is 5. The Bertz CT molecular complexity index is 802. The third kappa shape index (κ3) is 3.37. The van der Waals surface area contributed by atoms with Crippen LogP contribution in [0.5, 0.6) is 5.75 Å². The Labute approximate surface area is 139 Å². The van der Waals surface area contributed by atoms with Crippen LogP contribution in [-0.4, -0.2) is 33.7 Å². The van der Waals surface area contributed by atoms with Crippen LogP contribution in [0.2, 0.25) is 0 Å². The SMILES string of the molecule is CC(=O)c1c(C)[nH]c(C(=O)[C@@H](C)OC(=O)c2ccc(O)cc2)c1C. The maximum absolute atomic E-state index is 12.5. The fraction of sp³-hybridized carbons (Fsp3) is 0.278. The summed E-state index contributed by atoms with van der Waals surface area (Å²) in [6.07, 6.45) is -1.01. The highest BCUT2D eigenvalue weighted by atomic mass is 16.5. The van der Waals surface area contributed by atoms with Crippen LogP contribution in [0, 0.1) is 13.8 Å². The average Bonchev–Trinajstić information content (AvgIpc) is 2.81. The van der Waals surface area contributed by atoms with Crippen LogP contribution in [-0.2, 0) is 4.74 Å². The monoisotopic (exact) mass is 329 g/mol. The summed E-state index contributed by atoms with van der Waals surface area (Å²) < 4.78 is 5.18. The second-order valence-electron chi connectivity index (χ2n) is 5.64. The number of hydrogen-bond donors (Lipinski definition) is 2. The number of carbonyl (C=O) groups excluding carboxylic acids is 3. The van der Waals surface area contributed by atoms with E-state index in [1.54, 1.807) is 13.8 Å². The van der Waals surface area contributed by atoms with Crippen molar-refractivity contribution in [1.82, 2.24) is 4.98 Å². The van der Waals surface area contributed by atoms with Gasteiger partial charge in [0.05, 0.1) is 11.3 Å². The van der Waals surface area contributed by atoms with Gasteiger partial charge in [-0.1, -0.05) is 0 Å². The number of carbonyl (C=O) groups is 3. The lowest BCUT2D eigenvalue weighted by Crippen LogP contribution is -2.25. The van der Waals surface area contributed by atoms with Crippen molar-refractivity contribution in [3.63, 3.8) is 0 Å². The van der Waals surface area contributed by atoms with Gasteiger partial charge in [0.2, 0.25) is 5.78 Å². The molecule has 0 saturated carbocycles. The number of H-pyrrole nitrogens is 1. The van der Waals surface area contributed by atoms with Gasteiger partial charge in [-0.3, -0.25) is 9.59 Å². The molecule has 0 aliphatic carbocycles.